The molecule has 0 heterocycles. The van der Waals surface area contributed by atoms with E-state index in [0.29, 0.717) is 5.56 Å². The molecular weight excluding hydrogens is 366 g/mol. The first-order valence-electron chi connectivity index (χ1n) is 10.1. The molecule has 152 valence electrons. The highest BCUT2D eigenvalue weighted by molar-refractivity contribution is 5.98. The van der Waals surface area contributed by atoms with Crippen molar-refractivity contribution in [1.29, 1.82) is 0 Å². The lowest BCUT2D eigenvalue weighted by Gasteiger charge is -2.25. The standard InChI is InChI=1S/C24H27NO4/c1-17(18-7-4-3-5-8-18)25(2)23(27)16-29-24(28)14-13-22(26)21-12-11-19-9-6-10-20(19)15-21/h3-5,7-8,11-12,15,17H,6,9-10,13-14,16H2,1-2H3/t17-/m1/s1. The highest BCUT2D eigenvalue weighted by atomic mass is 16.5. The smallest absolute Gasteiger partial charge is 0.306 e. The van der Waals surface area contributed by atoms with E-state index in [9.17, 15) is 14.4 Å². The van der Waals surface area contributed by atoms with Crippen molar-refractivity contribution in [3.63, 3.8) is 0 Å². The quantitative estimate of drug-likeness (QED) is 0.504. The second kappa shape index (κ2) is 9.50. The number of fused-ring (bicyclic) bond motifs is 1. The molecule has 0 bridgehead atoms. The number of carbonyl (C=O) groups excluding carboxylic acids is 3. The van der Waals surface area contributed by atoms with Gasteiger partial charge in [-0.2, -0.15) is 0 Å². The van der Waals surface area contributed by atoms with E-state index in [1.807, 2.05) is 55.5 Å². The molecule has 0 radical (unpaired) electrons. The molecule has 0 spiro atoms. The second-order valence-electron chi connectivity index (χ2n) is 7.51. The van der Waals surface area contributed by atoms with Crippen LogP contribution >= 0.6 is 0 Å². The molecule has 1 atom stereocenters. The van der Waals surface area contributed by atoms with Gasteiger partial charge in [0.15, 0.2) is 12.4 Å². The summed E-state index contributed by atoms with van der Waals surface area (Å²) in [5, 5.41) is 0. The Morgan fingerprint density at radius 1 is 1.00 bits per heavy atom. The summed E-state index contributed by atoms with van der Waals surface area (Å²) >= 11 is 0. The molecule has 5 nitrogen and oxygen atoms in total. The Balaban J connectivity index is 1.43. The molecule has 1 aliphatic rings. The van der Waals surface area contributed by atoms with Crippen molar-refractivity contribution in [2.75, 3.05) is 13.7 Å². The number of carbonyl (C=O) groups is 3. The third-order valence-electron chi connectivity index (χ3n) is 5.59. The lowest BCUT2D eigenvalue weighted by atomic mass is 10.0. The van der Waals surface area contributed by atoms with E-state index in [1.165, 1.54) is 11.1 Å². The number of hydrogen-bond donors (Lipinski definition) is 0. The number of aryl methyl sites for hydroxylation is 2. The Morgan fingerprint density at radius 3 is 2.48 bits per heavy atom. The lowest BCUT2D eigenvalue weighted by Crippen LogP contribution is -2.33. The fourth-order valence-electron chi connectivity index (χ4n) is 3.59. The summed E-state index contributed by atoms with van der Waals surface area (Å²) in [5.74, 6) is -0.883. The van der Waals surface area contributed by atoms with Crippen molar-refractivity contribution in [3.8, 4) is 0 Å². The van der Waals surface area contributed by atoms with Crippen molar-refractivity contribution in [2.45, 2.75) is 45.1 Å². The molecule has 0 unspecified atom stereocenters. The molecular formula is C24H27NO4. The molecule has 0 aliphatic heterocycles. The Kier molecular flexibility index (Phi) is 6.81. The minimum absolute atomic E-state index is 0.0266. The van der Waals surface area contributed by atoms with Crippen LogP contribution in [0.1, 0.15) is 59.3 Å². The molecule has 0 N–H and O–H groups in total. The van der Waals surface area contributed by atoms with E-state index in [2.05, 4.69) is 0 Å². The van der Waals surface area contributed by atoms with Gasteiger partial charge in [-0.05, 0) is 48.9 Å². The minimum Gasteiger partial charge on any atom is -0.456 e. The van der Waals surface area contributed by atoms with Gasteiger partial charge in [-0.3, -0.25) is 14.4 Å². The summed E-state index contributed by atoms with van der Waals surface area (Å²) in [6.45, 7) is 1.60. The average Bonchev–Trinajstić information content (AvgIpc) is 3.23. The van der Waals surface area contributed by atoms with Crippen molar-refractivity contribution in [2.24, 2.45) is 0 Å². The molecule has 3 rings (SSSR count). The number of ether oxygens (including phenoxy) is 1. The van der Waals surface area contributed by atoms with Crippen LogP contribution in [0.2, 0.25) is 0 Å². The normalized spacial score (nSPS) is 13.4. The molecule has 2 aromatic carbocycles. The number of benzene rings is 2. The molecule has 1 amide bonds. The fraction of sp³-hybridized carbons (Fsp3) is 0.375. The molecule has 0 fully saturated rings. The van der Waals surface area contributed by atoms with Gasteiger partial charge in [0.05, 0.1) is 12.5 Å². The van der Waals surface area contributed by atoms with Gasteiger partial charge in [0.1, 0.15) is 0 Å². The Morgan fingerprint density at radius 2 is 1.72 bits per heavy atom. The molecule has 5 heteroatoms. The van der Waals surface area contributed by atoms with Crippen LogP contribution in [0.25, 0.3) is 0 Å². The van der Waals surface area contributed by atoms with Gasteiger partial charge in [0.25, 0.3) is 5.91 Å². The van der Waals surface area contributed by atoms with Crippen LogP contribution in [-0.4, -0.2) is 36.2 Å². The van der Waals surface area contributed by atoms with E-state index in [1.54, 1.807) is 11.9 Å². The first-order chi connectivity index (χ1) is 14.0. The third-order valence-corrected chi connectivity index (χ3v) is 5.59. The van der Waals surface area contributed by atoms with Crippen LogP contribution in [0.3, 0.4) is 0 Å². The molecule has 0 saturated carbocycles. The van der Waals surface area contributed by atoms with Crippen LogP contribution in [0, 0.1) is 0 Å². The third kappa shape index (κ3) is 5.31. The Labute approximate surface area is 171 Å². The average molecular weight is 393 g/mol. The van der Waals surface area contributed by atoms with E-state index >= 15 is 0 Å². The van der Waals surface area contributed by atoms with Crippen molar-refractivity contribution in [3.05, 3.63) is 70.8 Å². The lowest BCUT2D eigenvalue weighted by molar-refractivity contribution is -0.152. The van der Waals surface area contributed by atoms with Gasteiger partial charge in [0, 0.05) is 19.0 Å². The summed E-state index contributed by atoms with van der Waals surface area (Å²) in [5.41, 5.74) is 4.20. The fourth-order valence-corrected chi connectivity index (χ4v) is 3.59. The molecule has 1 aliphatic carbocycles. The predicted octanol–water partition coefficient (Wildman–Crippen LogP) is 3.90. The number of ketones is 1. The van der Waals surface area contributed by atoms with E-state index in [-0.39, 0.29) is 37.2 Å². The molecule has 29 heavy (non-hydrogen) atoms. The zero-order valence-corrected chi connectivity index (χ0v) is 17.0. The number of amides is 1. The van der Waals surface area contributed by atoms with Gasteiger partial charge in [-0.1, -0.05) is 42.5 Å². The van der Waals surface area contributed by atoms with Crippen molar-refractivity contribution < 1.29 is 19.1 Å². The summed E-state index contributed by atoms with van der Waals surface area (Å²) in [4.78, 5) is 38.2. The van der Waals surface area contributed by atoms with Gasteiger partial charge in [-0.25, -0.2) is 0 Å². The maximum absolute atomic E-state index is 12.4. The van der Waals surface area contributed by atoms with Gasteiger partial charge >= 0.3 is 5.97 Å². The van der Waals surface area contributed by atoms with Crippen molar-refractivity contribution in [1.82, 2.24) is 4.90 Å². The van der Waals surface area contributed by atoms with Gasteiger partial charge in [0.2, 0.25) is 0 Å². The topological polar surface area (TPSA) is 63.7 Å². The molecule has 0 aromatic heterocycles. The van der Waals surface area contributed by atoms with Crippen LogP contribution < -0.4 is 0 Å². The van der Waals surface area contributed by atoms with Crippen molar-refractivity contribution >= 4 is 17.7 Å². The number of hydrogen-bond acceptors (Lipinski definition) is 4. The summed E-state index contributed by atoms with van der Waals surface area (Å²) in [6, 6.07) is 15.3. The summed E-state index contributed by atoms with van der Waals surface area (Å²) in [7, 11) is 1.69. The minimum atomic E-state index is -0.534. The van der Waals surface area contributed by atoms with Gasteiger partial charge in [-0.15, -0.1) is 0 Å². The van der Waals surface area contributed by atoms with Crippen LogP contribution in [0.4, 0.5) is 0 Å². The number of rotatable bonds is 8. The summed E-state index contributed by atoms with van der Waals surface area (Å²) in [6.07, 6.45) is 3.27. The van der Waals surface area contributed by atoms with E-state index in [0.717, 1.165) is 24.8 Å². The predicted molar refractivity (Wildman–Crippen MR) is 111 cm³/mol. The van der Waals surface area contributed by atoms with Crippen LogP contribution in [0.15, 0.2) is 48.5 Å². The number of likely N-dealkylation sites (N-methyl/N-ethyl adjacent to an activating group) is 1. The number of esters is 1. The maximum atomic E-state index is 12.4. The SMILES string of the molecule is C[C@H](c1ccccc1)N(C)C(=O)COC(=O)CCC(=O)c1ccc2c(c1)CCC2. The molecule has 2 aromatic rings. The van der Waals surface area contributed by atoms with Crippen LogP contribution in [0.5, 0.6) is 0 Å². The van der Waals surface area contributed by atoms with E-state index < -0.39 is 5.97 Å². The Bertz CT molecular complexity index is 891. The zero-order valence-electron chi connectivity index (χ0n) is 17.0. The highest BCUT2D eigenvalue weighted by Gasteiger charge is 2.19. The first kappa shape index (κ1) is 20.8. The zero-order chi connectivity index (χ0) is 20.8. The number of Topliss-reactive ketones (excluding diaryl/α,β-unsaturated/α-hetero) is 1. The summed E-state index contributed by atoms with van der Waals surface area (Å²) < 4.78 is 5.09. The highest BCUT2D eigenvalue weighted by Crippen LogP contribution is 2.23. The maximum Gasteiger partial charge on any atom is 0.306 e. The largest absolute Gasteiger partial charge is 0.456 e. The monoisotopic (exact) mass is 393 g/mol. The second-order valence-corrected chi connectivity index (χ2v) is 7.51. The van der Waals surface area contributed by atoms with Crippen LogP contribution in [-0.2, 0) is 27.2 Å². The number of nitrogens with zero attached hydrogens (tertiary/aromatic N) is 1. The van der Waals surface area contributed by atoms with E-state index in [4.69, 9.17) is 4.74 Å². The molecule has 0 saturated heterocycles. The Hall–Kier alpha value is -2.95. The first-order valence-corrected chi connectivity index (χ1v) is 10.1. The van der Waals surface area contributed by atoms with Gasteiger partial charge < -0.3 is 9.64 Å².